The maximum Gasteiger partial charge on any atom is 0.229 e. The number of sulfonamides is 1. The minimum absolute atomic E-state index is 0.115. The Morgan fingerprint density at radius 1 is 1.59 bits per heavy atom. The van der Waals surface area contributed by atoms with E-state index >= 15 is 0 Å². The van der Waals surface area contributed by atoms with Crippen LogP contribution < -0.4 is 9.46 Å². The molecule has 7 heteroatoms. The SMILES string of the molecule is CS(=O)(=O)Nc1cnc(C#N)cc1OC1CC1. The van der Waals surface area contributed by atoms with Gasteiger partial charge in [0.25, 0.3) is 0 Å². The molecular formula is C10H11N3O3S. The Bertz CT molecular complexity index is 573. The van der Waals surface area contributed by atoms with E-state index in [9.17, 15) is 8.42 Å². The van der Waals surface area contributed by atoms with Crippen molar-refractivity contribution in [1.82, 2.24) is 4.98 Å². The molecule has 0 amide bonds. The lowest BCUT2D eigenvalue weighted by atomic mass is 10.3. The van der Waals surface area contributed by atoms with Crippen LogP contribution in [0.5, 0.6) is 5.75 Å². The van der Waals surface area contributed by atoms with Gasteiger partial charge < -0.3 is 4.74 Å². The van der Waals surface area contributed by atoms with Gasteiger partial charge >= 0.3 is 0 Å². The molecule has 1 fully saturated rings. The summed E-state index contributed by atoms with van der Waals surface area (Å²) in [6.07, 6.45) is 4.35. The van der Waals surface area contributed by atoms with E-state index in [-0.39, 0.29) is 17.5 Å². The van der Waals surface area contributed by atoms with E-state index in [1.54, 1.807) is 0 Å². The number of hydrogen-bond acceptors (Lipinski definition) is 5. The van der Waals surface area contributed by atoms with Crippen molar-refractivity contribution in [3.63, 3.8) is 0 Å². The largest absolute Gasteiger partial charge is 0.488 e. The zero-order valence-corrected chi connectivity index (χ0v) is 9.99. The number of aromatic nitrogens is 1. The quantitative estimate of drug-likeness (QED) is 0.859. The fourth-order valence-corrected chi connectivity index (χ4v) is 1.79. The molecule has 1 saturated carbocycles. The van der Waals surface area contributed by atoms with E-state index in [0.717, 1.165) is 19.1 Å². The van der Waals surface area contributed by atoms with Gasteiger partial charge in [-0.15, -0.1) is 0 Å². The summed E-state index contributed by atoms with van der Waals surface area (Å²) in [5.74, 6) is 0.351. The normalized spacial score (nSPS) is 15.1. The van der Waals surface area contributed by atoms with Crippen LogP contribution in [0.25, 0.3) is 0 Å². The highest BCUT2D eigenvalue weighted by Gasteiger charge is 2.25. The number of nitrogens with zero attached hydrogens (tertiary/aromatic N) is 2. The second kappa shape index (κ2) is 4.22. The van der Waals surface area contributed by atoms with E-state index in [2.05, 4.69) is 9.71 Å². The molecule has 0 atom stereocenters. The highest BCUT2D eigenvalue weighted by molar-refractivity contribution is 7.92. The molecule has 0 saturated heterocycles. The van der Waals surface area contributed by atoms with Crippen molar-refractivity contribution in [3.05, 3.63) is 18.0 Å². The molecule has 6 nitrogen and oxygen atoms in total. The number of nitrogens with one attached hydrogen (secondary N) is 1. The van der Waals surface area contributed by atoms with E-state index in [0.29, 0.717) is 5.75 Å². The van der Waals surface area contributed by atoms with Crippen molar-refractivity contribution in [2.24, 2.45) is 0 Å². The molecule has 1 aliphatic rings. The average molecular weight is 253 g/mol. The molecule has 1 aromatic rings. The van der Waals surface area contributed by atoms with Gasteiger partial charge in [-0.1, -0.05) is 0 Å². The fraction of sp³-hybridized carbons (Fsp3) is 0.400. The van der Waals surface area contributed by atoms with Gasteiger partial charge in [0.05, 0.1) is 18.6 Å². The molecule has 0 aliphatic heterocycles. The average Bonchev–Trinajstić information content (AvgIpc) is 3.02. The van der Waals surface area contributed by atoms with Gasteiger partial charge in [0.2, 0.25) is 10.0 Å². The van der Waals surface area contributed by atoms with Crippen molar-refractivity contribution >= 4 is 15.7 Å². The van der Waals surface area contributed by atoms with Gasteiger partial charge in [0.15, 0.2) is 0 Å². The Hall–Kier alpha value is -1.81. The van der Waals surface area contributed by atoms with Gasteiger partial charge in [-0.05, 0) is 12.8 Å². The number of hydrogen-bond donors (Lipinski definition) is 1. The Morgan fingerprint density at radius 3 is 2.82 bits per heavy atom. The number of ether oxygens (including phenoxy) is 1. The highest BCUT2D eigenvalue weighted by atomic mass is 32.2. The van der Waals surface area contributed by atoms with Crippen molar-refractivity contribution < 1.29 is 13.2 Å². The summed E-state index contributed by atoms with van der Waals surface area (Å²) in [6, 6.07) is 3.32. The topological polar surface area (TPSA) is 92.1 Å². The number of pyridine rings is 1. The second-order valence-corrected chi connectivity index (χ2v) is 5.62. The predicted octanol–water partition coefficient (Wildman–Crippen LogP) is 0.866. The van der Waals surface area contributed by atoms with Gasteiger partial charge in [-0.3, -0.25) is 4.72 Å². The zero-order chi connectivity index (χ0) is 12.5. The molecule has 2 rings (SSSR count). The van der Waals surface area contributed by atoms with Crippen LogP contribution in [0, 0.1) is 11.3 Å². The van der Waals surface area contributed by atoms with E-state index in [1.165, 1.54) is 12.3 Å². The lowest BCUT2D eigenvalue weighted by molar-refractivity contribution is 0.304. The van der Waals surface area contributed by atoms with Crippen LogP contribution in [-0.4, -0.2) is 25.8 Å². The molecule has 0 radical (unpaired) electrons. The molecule has 90 valence electrons. The predicted molar refractivity (Wildman–Crippen MR) is 61.1 cm³/mol. The molecule has 1 N–H and O–H groups in total. The van der Waals surface area contributed by atoms with Crippen LogP contribution >= 0.6 is 0 Å². The van der Waals surface area contributed by atoms with Crippen LogP contribution in [0.3, 0.4) is 0 Å². The minimum atomic E-state index is -3.39. The Labute approximate surface area is 99.3 Å². The summed E-state index contributed by atoms with van der Waals surface area (Å²) in [4.78, 5) is 3.80. The molecule has 1 aliphatic carbocycles. The van der Waals surface area contributed by atoms with E-state index in [1.807, 2.05) is 6.07 Å². The maximum absolute atomic E-state index is 11.1. The molecule has 0 spiro atoms. The van der Waals surface area contributed by atoms with Gasteiger partial charge in [0.1, 0.15) is 23.2 Å². The first-order valence-electron chi connectivity index (χ1n) is 5.02. The zero-order valence-electron chi connectivity index (χ0n) is 9.17. The molecule has 1 heterocycles. The summed E-state index contributed by atoms with van der Waals surface area (Å²) in [7, 11) is -3.39. The molecule has 1 aromatic heterocycles. The lowest BCUT2D eigenvalue weighted by Gasteiger charge is -2.11. The molecular weight excluding hydrogens is 242 g/mol. The summed E-state index contributed by atoms with van der Waals surface area (Å²) in [5, 5.41) is 8.73. The first-order valence-corrected chi connectivity index (χ1v) is 6.91. The maximum atomic E-state index is 11.1. The fourth-order valence-electron chi connectivity index (χ4n) is 1.24. The Morgan fingerprint density at radius 2 is 2.29 bits per heavy atom. The summed E-state index contributed by atoms with van der Waals surface area (Å²) in [5.41, 5.74) is 0.457. The standard InChI is InChI=1S/C10H11N3O3S/c1-17(14,15)13-9-6-12-7(5-11)4-10(9)16-8-2-3-8/h4,6,8,13H,2-3H2,1H3. The first kappa shape index (κ1) is 11.7. The number of nitriles is 1. The minimum Gasteiger partial charge on any atom is -0.488 e. The van der Waals surface area contributed by atoms with Crippen molar-refractivity contribution in [1.29, 1.82) is 5.26 Å². The summed E-state index contributed by atoms with van der Waals surface area (Å²) >= 11 is 0. The molecule has 0 aromatic carbocycles. The highest BCUT2D eigenvalue weighted by Crippen LogP contribution is 2.32. The second-order valence-electron chi connectivity index (χ2n) is 3.87. The molecule has 0 bridgehead atoms. The van der Waals surface area contributed by atoms with Crippen LogP contribution in [0.4, 0.5) is 5.69 Å². The Kier molecular flexibility index (Phi) is 2.90. The number of anilines is 1. The summed E-state index contributed by atoms with van der Waals surface area (Å²) in [6.45, 7) is 0. The van der Waals surface area contributed by atoms with Crippen molar-refractivity contribution in [2.45, 2.75) is 18.9 Å². The van der Waals surface area contributed by atoms with Crippen molar-refractivity contribution in [2.75, 3.05) is 11.0 Å². The van der Waals surface area contributed by atoms with E-state index in [4.69, 9.17) is 10.00 Å². The van der Waals surface area contributed by atoms with Gasteiger partial charge in [-0.2, -0.15) is 5.26 Å². The van der Waals surface area contributed by atoms with Crippen LogP contribution in [-0.2, 0) is 10.0 Å². The molecule has 17 heavy (non-hydrogen) atoms. The lowest BCUT2D eigenvalue weighted by Crippen LogP contribution is -2.12. The van der Waals surface area contributed by atoms with Gasteiger partial charge in [-0.25, -0.2) is 13.4 Å². The smallest absolute Gasteiger partial charge is 0.229 e. The number of rotatable bonds is 4. The Balaban J connectivity index is 2.32. The van der Waals surface area contributed by atoms with Crippen LogP contribution in [0.1, 0.15) is 18.5 Å². The van der Waals surface area contributed by atoms with Crippen LogP contribution in [0.2, 0.25) is 0 Å². The third-order valence-electron chi connectivity index (χ3n) is 2.09. The third-order valence-corrected chi connectivity index (χ3v) is 2.68. The molecule has 0 unspecified atom stereocenters. The third kappa shape index (κ3) is 3.32. The van der Waals surface area contributed by atoms with Gasteiger partial charge in [0, 0.05) is 6.07 Å². The monoisotopic (exact) mass is 253 g/mol. The van der Waals surface area contributed by atoms with Crippen molar-refractivity contribution in [3.8, 4) is 11.8 Å². The first-order chi connectivity index (χ1) is 7.98. The van der Waals surface area contributed by atoms with E-state index < -0.39 is 10.0 Å². The summed E-state index contributed by atoms with van der Waals surface area (Å²) < 4.78 is 30.1. The van der Waals surface area contributed by atoms with Crippen LogP contribution in [0.15, 0.2) is 12.3 Å².